The zero-order chi connectivity index (χ0) is 12.0. The van der Waals surface area contributed by atoms with Crippen molar-refractivity contribution >= 4 is 11.9 Å². The molecule has 0 aliphatic heterocycles. The number of amides is 1. The lowest BCUT2D eigenvalue weighted by Crippen LogP contribution is -2.45. The Morgan fingerprint density at radius 3 is 2.07 bits per heavy atom. The van der Waals surface area contributed by atoms with Crippen molar-refractivity contribution in [3.05, 3.63) is 0 Å². The predicted molar refractivity (Wildman–Crippen MR) is 57.7 cm³/mol. The first-order valence-electron chi connectivity index (χ1n) is 5.14. The number of nitrogens with zero attached hydrogens (tertiary/aromatic N) is 2. The molecule has 5 nitrogen and oxygen atoms in total. The molecule has 0 aliphatic rings. The summed E-state index contributed by atoms with van der Waals surface area (Å²) < 4.78 is 0. The average Bonchev–Trinajstić information content (AvgIpc) is 2.23. The third kappa shape index (κ3) is 4.29. The molecule has 0 bridgehead atoms. The Kier molecular flexibility index (Phi) is 5.93. The number of hydrogen-bond donors (Lipinski definition) is 1. The number of rotatable bonds is 6. The first-order valence-corrected chi connectivity index (χ1v) is 5.14. The number of carboxylic acids is 1. The van der Waals surface area contributed by atoms with Gasteiger partial charge in [0.1, 0.15) is 6.04 Å². The maximum absolute atomic E-state index is 11.6. The third-order valence-electron chi connectivity index (χ3n) is 2.59. The maximum atomic E-state index is 11.6. The van der Waals surface area contributed by atoms with Crippen molar-refractivity contribution < 1.29 is 14.7 Å². The van der Waals surface area contributed by atoms with Crippen LogP contribution in [0.2, 0.25) is 0 Å². The fraction of sp³-hybridized carbons (Fsp3) is 0.800. The lowest BCUT2D eigenvalue weighted by Gasteiger charge is -2.25. The van der Waals surface area contributed by atoms with Gasteiger partial charge in [-0.15, -0.1) is 0 Å². The summed E-state index contributed by atoms with van der Waals surface area (Å²) in [6.07, 6.45) is 0. The second-order valence-corrected chi connectivity index (χ2v) is 3.48. The van der Waals surface area contributed by atoms with Crippen LogP contribution in [0, 0.1) is 0 Å². The molecular weight excluding hydrogens is 196 g/mol. The van der Waals surface area contributed by atoms with Crippen LogP contribution in [0.1, 0.15) is 20.8 Å². The highest BCUT2D eigenvalue weighted by molar-refractivity contribution is 5.84. The standard InChI is InChI=1S/C10H20N2O3/c1-5-12(6-2)7-9(13)11(4)8(3)10(14)15/h8H,5-7H2,1-4H3,(H,14,15). The Balaban J connectivity index is 4.26. The Morgan fingerprint density at radius 2 is 1.73 bits per heavy atom. The van der Waals surface area contributed by atoms with Crippen LogP contribution in [0.5, 0.6) is 0 Å². The van der Waals surface area contributed by atoms with Crippen LogP contribution in [-0.2, 0) is 9.59 Å². The van der Waals surface area contributed by atoms with Crippen LogP contribution >= 0.6 is 0 Å². The monoisotopic (exact) mass is 216 g/mol. The van der Waals surface area contributed by atoms with Gasteiger partial charge >= 0.3 is 5.97 Å². The minimum absolute atomic E-state index is 0.159. The van der Waals surface area contributed by atoms with Gasteiger partial charge in [0.25, 0.3) is 0 Å². The smallest absolute Gasteiger partial charge is 0.326 e. The lowest BCUT2D eigenvalue weighted by atomic mass is 10.3. The van der Waals surface area contributed by atoms with Crippen molar-refractivity contribution in [2.75, 3.05) is 26.7 Å². The van der Waals surface area contributed by atoms with Crippen LogP contribution in [-0.4, -0.2) is 59.5 Å². The van der Waals surface area contributed by atoms with Gasteiger partial charge in [0.2, 0.25) is 5.91 Å². The van der Waals surface area contributed by atoms with Gasteiger partial charge < -0.3 is 10.0 Å². The molecule has 0 radical (unpaired) electrons. The van der Waals surface area contributed by atoms with E-state index in [9.17, 15) is 9.59 Å². The van der Waals surface area contributed by atoms with E-state index < -0.39 is 12.0 Å². The molecule has 1 atom stereocenters. The second kappa shape index (κ2) is 6.40. The fourth-order valence-electron chi connectivity index (χ4n) is 1.13. The molecule has 15 heavy (non-hydrogen) atoms. The van der Waals surface area contributed by atoms with Crippen molar-refractivity contribution in [3.8, 4) is 0 Å². The zero-order valence-corrected chi connectivity index (χ0v) is 9.86. The Hall–Kier alpha value is -1.10. The van der Waals surface area contributed by atoms with Gasteiger partial charge in [-0.1, -0.05) is 13.8 Å². The molecule has 0 aromatic carbocycles. The number of carboxylic acid groups (broad SMARTS) is 1. The van der Waals surface area contributed by atoms with Crippen LogP contribution in [0.4, 0.5) is 0 Å². The lowest BCUT2D eigenvalue weighted by molar-refractivity contribution is -0.148. The molecule has 0 aliphatic carbocycles. The van der Waals surface area contributed by atoms with Gasteiger partial charge in [-0.3, -0.25) is 9.69 Å². The van der Waals surface area contributed by atoms with E-state index in [1.165, 1.54) is 18.9 Å². The van der Waals surface area contributed by atoms with E-state index >= 15 is 0 Å². The molecule has 0 aromatic rings. The molecule has 1 amide bonds. The molecule has 0 saturated heterocycles. The Morgan fingerprint density at radius 1 is 1.27 bits per heavy atom. The Labute approximate surface area is 90.7 Å². The molecule has 0 rings (SSSR count). The highest BCUT2D eigenvalue weighted by Crippen LogP contribution is 1.98. The van der Waals surface area contributed by atoms with Crippen molar-refractivity contribution in [1.82, 2.24) is 9.80 Å². The first kappa shape index (κ1) is 13.9. The summed E-state index contributed by atoms with van der Waals surface area (Å²) in [5, 5.41) is 8.74. The van der Waals surface area contributed by atoms with Crippen LogP contribution in [0.3, 0.4) is 0 Å². The molecule has 88 valence electrons. The van der Waals surface area contributed by atoms with Gasteiger partial charge in [0.05, 0.1) is 6.54 Å². The quantitative estimate of drug-likeness (QED) is 0.692. The van der Waals surface area contributed by atoms with E-state index in [-0.39, 0.29) is 12.5 Å². The van der Waals surface area contributed by atoms with Crippen LogP contribution in [0.15, 0.2) is 0 Å². The number of aliphatic carboxylic acids is 1. The first-order chi connectivity index (χ1) is 6.93. The van der Waals surface area contributed by atoms with E-state index in [0.717, 1.165) is 13.1 Å². The second-order valence-electron chi connectivity index (χ2n) is 3.48. The van der Waals surface area contributed by atoms with E-state index in [1.807, 2.05) is 18.7 Å². The molecule has 0 aromatic heterocycles. The highest BCUT2D eigenvalue weighted by atomic mass is 16.4. The minimum atomic E-state index is -0.981. The normalized spacial score (nSPS) is 12.6. The van der Waals surface area contributed by atoms with E-state index in [0.29, 0.717) is 0 Å². The molecule has 5 heteroatoms. The SMILES string of the molecule is CCN(CC)CC(=O)N(C)C(C)C(=O)O. The summed E-state index contributed by atoms with van der Waals surface area (Å²) >= 11 is 0. The molecule has 0 heterocycles. The summed E-state index contributed by atoms with van der Waals surface area (Å²) in [6, 6.07) is -0.770. The van der Waals surface area contributed by atoms with Crippen molar-refractivity contribution in [2.24, 2.45) is 0 Å². The zero-order valence-electron chi connectivity index (χ0n) is 9.86. The van der Waals surface area contributed by atoms with Gasteiger partial charge in [0, 0.05) is 7.05 Å². The Bertz CT molecular complexity index is 227. The van der Waals surface area contributed by atoms with Gasteiger partial charge in [-0.05, 0) is 20.0 Å². The van der Waals surface area contributed by atoms with E-state index in [4.69, 9.17) is 5.11 Å². The molecular formula is C10H20N2O3. The van der Waals surface area contributed by atoms with Crippen LogP contribution < -0.4 is 0 Å². The summed E-state index contributed by atoms with van der Waals surface area (Å²) in [5.41, 5.74) is 0. The number of carbonyl (C=O) groups is 2. The molecule has 0 saturated carbocycles. The van der Waals surface area contributed by atoms with Crippen molar-refractivity contribution in [3.63, 3.8) is 0 Å². The predicted octanol–water partition coefficient (Wildman–Crippen LogP) is 0.260. The topological polar surface area (TPSA) is 60.9 Å². The average molecular weight is 216 g/mol. The summed E-state index contributed by atoms with van der Waals surface area (Å²) in [4.78, 5) is 25.5. The van der Waals surface area contributed by atoms with E-state index in [2.05, 4.69) is 0 Å². The number of carbonyl (C=O) groups excluding carboxylic acids is 1. The summed E-state index contributed by atoms with van der Waals surface area (Å²) in [7, 11) is 1.52. The fourth-order valence-corrected chi connectivity index (χ4v) is 1.13. The highest BCUT2D eigenvalue weighted by Gasteiger charge is 2.22. The number of likely N-dealkylation sites (N-methyl/N-ethyl adjacent to an activating group) is 2. The summed E-state index contributed by atoms with van der Waals surface area (Å²) in [6.45, 7) is 7.30. The summed E-state index contributed by atoms with van der Waals surface area (Å²) in [5.74, 6) is -1.14. The molecule has 1 unspecified atom stereocenters. The van der Waals surface area contributed by atoms with Gasteiger partial charge in [0.15, 0.2) is 0 Å². The number of hydrogen-bond acceptors (Lipinski definition) is 3. The molecule has 1 N–H and O–H groups in total. The molecule has 0 fully saturated rings. The van der Waals surface area contributed by atoms with Crippen molar-refractivity contribution in [2.45, 2.75) is 26.8 Å². The molecule has 0 spiro atoms. The van der Waals surface area contributed by atoms with Gasteiger partial charge in [-0.25, -0.2) is 4.79 Å². The minimum Gasteiger partial charge on any atom is -0.480 e. The van der Waals surface area contributed by atoms with Crippen LogP contribution in [0.25, 0.3) is 0 Å². The van der Waals surface area contributed by atoms with Crippen molar-refractivity contribution in [1.29, 1.82) is 0 Å². The maximum Gasteiger partial charge on any atom is 0.326 e. The third-order valence-corrected chi connectivity index (χ3v) is 2.59. The largest absolute Gasteiger partial charge is 0.480 e. The van der Waals surface area contributed by atoms with Gasteiger partial charge in [-0.2, -0.15) is 0 Å². The van der Waals surface area contributed by atoms with E-state index in [1.54, 1.807) is 0 Å².